The number of nitrogens with one attached hydrogen (secondary N) is 1. The number of hydrogen-bond acceptors (Lipinski definition) is 2. The summed E-state index contributed by atoms with van der Waals surface area (Å²) in [6.07, 6.45) is 0.702. The van der Waals surface area contributed by atoms with Crippen molar-refractivity contribution >= 4 is 0 Å². The van der Waals surface area contributed by atoms with Crippen LogP contribution in [-0.4, -0.2) is 17.8 Å². The molecule has 0 heterocycles. The van der Waals surface area contributed by atoms with E-state index in [2.05, 4.69) is 31.3 Å². The zero-order chi connectivity index (χ0) is 12.0. The Hall–Kier alpha value is -0.860. The van der Waals surface area contributed by atoms with E-state index >= 15 is 0 Å². The number of benzene rings is 1. The SMILES string of the molecule is CCC(C)(CNCc1ccccc1)C(C)O. The topological polar surface area (TPSA) is 32.3 Å². The van der Waals surface area contributed by atoms with E-state index in [9.17, 15) is 5.11 Å². The van der Waals surface area contributed by atoms with Crippen LogP contribution in [0.2, 0.25) is 0 Å². The van der Waals surface area contributed by atoms with Crippen molar-refractivity contribution in [2.75, 3.05) is 6.54 Å². The van der Waals surface area contributed by atoms with Crippen LogP contribution < -0.4 is 5.32 Å². The first-order chi connectivity index (χ1) is 7.58. The molecule has 0 aliphatic carbocycles. The van der Waals surface area contributed by atoms with Gasteiger partial charge < -0.3 is 10.4 Å². The van der Waals surface area contributed by atoms with E-state index < -0.39 is 0 Å². The van der Waals surface area contributed by atoms with Crippen LogP contribution >= 0.6 is 0 Å². The van der Waals surface area contributed by atoms with Crippen LogP contribution in [0.3, 0.4) is 0 Å². The van der Waals surface area contributed by atoms with Crippen molar-refractivity contribution in [2.24, 2.45) is 5.41 Å². The summed E-state index contributed by atoms with van der Waals surface area (Å²) in [4.78, 5) is 0. The van der Waals surface area contributed by atoms with Crippen molar-refractivity contribution in [1.82, 2.24) is 5.32 Å². The Kier molecular flexibility index (Phi) is 4.97. The van der Waals surface area contributed by atoms with Gasteiger partial charge in [-0.1, -0.05) is 44.2 Å². The minimum Gasteiger partial charge on any atom is -0.393 e. The van der Waals surface area contributed by atoms with Crippen LogP contribution in [0.1, 0.15) is 32.8 Å². The molecule has 2 unspecified atom stereocenters. The summed E-state index contributed by atoms with van der Waals surface area (Å²) in [7, 11) is 0. The fourth-order valence-electron chi connectivity index (χ4n) is 1.66. The van der Waals surface area contributed by atoms with E-state index in [0.29, 0.717) is 0 Å². The Morgan fingerprint density at radius 3 is 2.44 bits per heavy atom. The van der Waals surface area contributed by atoms with Crippen molar-refractivity contribution in [3.63, 3.8) is 0 Å². The van der Waals surface area contributed by atoms with Crippen LogP contribution in [0.25, 0.3) is 0 Å². The molecular weight excluding hydrogens is 198 g/mol. The highest BCUT2D eigenvalue weighted by molar-refractivity contribution is 5.14. The summed E-state index contributed by atoms with van der Waals surface area (Å²) in [5.41, 5.74) is 1.25. The minimum atomic E-state index is -0.277. The Balaban J connectivity index is 2.40. The zero-order valence-electron chi connectivity index (χ0n) is 10.5. The maximum Gasteiger partial charge on any atom is 0.0577 e. The molecule has 2 atom stereocenters. The molecule has 0 saturated heterocycles. The van der Waals surface area contributed by atoms with Crippen molar-refractivity contribution in [3.05, 3.63) is 35.9 Å². The first-order valence-electron chi connectivity index (χ1n) is 6.01. The van der Waals surface area contributed by atoms with Gasteiger partial charge in [-0.25, -0.2) is 0 Å². The fraction of sp³-hybridized carbons (Fsp3) is 0.571. The van der Waals surface area contributed by atoms with Crippen LogP contribution in [0.5, 0.6) is 0 Å². The summed E-state index contributed by atoms with van der Waals surface area (Å²) in [5.74, 6) is 0. The molecule has 0 amide bonds. The molecule has 90 valence electrons. The van der Waals surface area contributed by atoms with Gasteiger partial charge in [0.2, 0.25) is 0 Å². The van der Waals surface area contributed by atoms with Crippen molar-refractivity contribution < 1.29 is 5.11 Å². The molecule has 2 heteroatoms. The first-order valence-corrected chi connectivity index (χ1v) is 6.01. The molecule has 1 aromatic rings. The molecule has 1 rings (SSSR count). The highest BCUT2D eigenvalue weighted by Gasteiger charge is 2.27. The lowest BCUT2D eigenvalue weighted by molar-refractivity contribution is 0.0489. The van der Waals surface area contributed by atoms with Crippen LogP contribution in [-0.2, 0) is 6.54 Å². The second kappa shape index (κ2) is 6.02. The smallest absolute Gasteiger partial charge is 0.0577 e. The third-order valence-corrected chi connectivity index (χ3v) is 3.52. The molecule has 16 heavy (non-hydrogen) atoms. The maximum atomic E-state index is 9.73. The summed E-state index contributed by atoms with van der Waals surface area (Å²) in [5, 5.41) is 13.1. The van der Waals surface area contributed by atoms with Gasteiger partial charge in [0.15, 0.2) is 0 Å². The zero-order valence-corrected chi connectivity index (χ0v) is 10.5. The van der Waals surface area contributed by atoms with Crippen molar-refractivity contribution in [2.45, 2.75) is 39.8 Å². The highest BCUT2D eigenvalue weighted by atomic mass is 16.3. The molecule has 0 saturated carbocycles. The van der Waals surface area contributed by atoms with E-state index in [1.165, 1.54) is 5.56 Å². The largest absolute Gasteiger partial charge is 0.393 e. The van der Waals surface area contributed by atoms with Gasteiger partial charge in [-0.3, -0.25) is 0 Å². The lowest BCUT2D eigenvalue weighted by atomic mass is 9.82. The second-order valence-corrected chi connectivity index (χ2v) is 4.77. The van der Waals surface area contributed by atoms with E-state index in [1.54, 1.807) is 0 Å². The van der Waals surface area contributed by atoms with Crippen LogP contribution in [0.15, 0.2) is 30.3 Å². The van der Waals surface area contributed by atoms with Gasteiger partial charge >= 0.3 is 0 Å². The average molecular weight is 221 g/mol. The summed E-state index contributed by atoms with van der Waals surface area (Å²) >= 11 is 0. The van der Waals surface area contributed by atoms with E-state index in [-0.39, 0.29) is 11.5 Å². The number of rotatable bonds is 6. The molecule has 0 radical (unpaired) electrons. The van der Waals surface area contributed by atoms with E-state index in [0.717, 1.165) is 19.5 Å². The average Bonchev–Trinajstić information content (AvgIpc) is 2.30. The summed E-state index contributed by atoms with van der Waals surface area (Å²) in [6.45, 7) is 7.82. The Labute approximate surface area is 98.7 Å². The number of hydrogen-bond donors (Lipinski definition) is 2. The molecule has 2 N–H and O–H groups in total. The minimum absolute atomic E-state index is 0.0330. The summed E-state index contributed by atoms with van der Waals surface area (Å²) in [6, 6.07) is 10.3. The second-order valence-electron chi connectivity index (χ2n) is 4.77. The predicted octanol–water partition coefficient (Wildman–Crippen LogP) is 2.57. The van der Waals surface area contributed by atoms with Crippen molar-refractivity contribution in [3.8, 4) is 0 Å². The predicted molar refractivity (Wildman–Crippen MR) is 68.2 cm³/mol. The molecule has 0 fully saturated rings. The third kappa shape index (κ3) is 3.62. The Bertz CT molecular complexity index is 297. The molecule has 0 bridgehead atoms. The maximum absolute atomic E-state index is 9.73. The Morgan fingerprint density at radius 2 is 1.94 bits per heavy atom. The monoisotopic (exact) mass is 221 g/mol. The van der Waals surface area contributed by atoms with Gasteiger partial charge in [-0.05, 0) is 18.9 Å². The van der Waals surface area contributed by atoms with Gasteiger partial charge in [0.05, 0.1) is 6.10 Å². The molecule has 0 aliphatic heterocycles. The molecular formula is C14H23NO. The van der Waals surface area contributed by atoms with E-state index in [4.69, 9.17) is 0 Å². The molecule has 1 aromatic carbocycles. The first kappa shape index (κ1) is 13.2. The number of aliphatic hydroxyl groups is 1. The van der Waals surface area contributed by atoms with Gasteiger partial charge in [-0.2, -0.15) is 0 Å². The summed E-state index contributed by atoms with van der Waals surface area (Å²) < 4.78 is 0. The molecule has 2 nitrogen and oxygen atoms in total. The standard InChI is InChI=1S/C14H23NO/c1-4-14(3,12(2)16)11-15-10-13-8-6-5-7-9-13/h5-9,12,15-16H,4,10-11H2,1-3H3. The quantitative estimate of drug-likeness (QED) is 0.774. The molecule has 0 spiro atoms. The third-order valence-electron chi connectivity index (χ3n) is 3.52. The van der Waals surface area contributed by atoms with E-state index in [1.807, 2.05) is 25.1 Å². The Morgan fingerprint density at radius 1 is 1.31 bits per heavy atom. The van der Waals surface area contributed by atoms with Gasteiger partial charge in [0, 0.05) is 18.5 Å². The van der Waals surface area contributed by atoms with Gasteiger partial charge in [0.25, 0.3) is 0 Å². The van der Waals surface area contributed by atoms with Gasteiger partial charge in [0.1, 0.15) is 0 Å². The van der Waals surface area contributed by atoms with Crippen molar-refractivity contribution in [1.29, 1.82) is 0 Å². The highest BCUT2D eigenvalue weighted by Crippen LogP contribution is 2.24. The fourth-order valence-corrected chi connectivity index (χ4v) is 1.66. The van der Waals surface area contributed by atoms with Crippen LogP contribution in [0.4, 0.5) is 0 Å². The normalized spacial score (nSPS) is 16.8. The molecule has 0 aliphatic rings. The van der Waals surface area contributed by atoms with Crippen LogP contribution in [0, 0.1) is 5.41 Å². The lowest BCUT2D eigenvalue weighted by Crippen LogP contribution is -2.39. The number of aliphatic hydroxyl groups excluding tert-OH is 1. The van der Waals surface area contributed by atoms with Gasteiger partial charge in [-0.15, -0.1) is 0 Å². The lowest BCUT2D eigenvalue weighted by Gasteiger charge is -2.31. The molecule has 0 aromatic heterocycles.